The highest BCUT2D eigenvalue weighted by Crippen LogP contribution is 2.40. The number of aliphatic hydroxyl groups excluding tert-OH is 1. The van der Waals surface area contributed by atoms with Gasteiger partial charge in [0.2, 0.25) is 0 Å². The summed E-state index contributed by atoms with van der Waals surface area (Å²) in [7, 11) is 3.85. The van der Waals surface area contributed by atoms with E-state index in [1.165, 1.54) is 29.2 Å². The lowest BCUT2D eigenvalue weighted by Gasteiger charge is -2.24. The number of furan rings is 1. The number of nitrogens with zero attached hydrogens (tertiary/aromatic N) is 2. The van der Waals surface area contributed by atoms with E-state index in [0.717, 1.165) is 6.54 Å². The number of ketones is 1. The van der Waals surface area contributed by atoms with Crippen LogP contribution in [0.4, 0.5) is 4.39 Å². The zero-order chi connectivity index (χ0) is 20.4. The zero-order valence-corrected chi connectivity index (χ0v) is 16.1. The van der Waals surface area contributed by atoms with Gasteiger partial charge in [0.25, 0.3) is 11.7 Å². The lowest BCUT2D eigenvalue weighted by molar-refractivity contribution is -0.140. The highest BCUT2D eigenvalue weighted by Gasteiger charge is 2.47. The Morgan fingerprint density at radius 3 is 2.43 bits per heavy atom. The van der Waals surface area contributed by atoms with Gasteiger partial charge < -0.3 is 19.3 Å². The molecule has 1 atom stereocenters. The minimum absolute atomic E-state index is 0.0455. The van der Waals surface area contributed by atoms with E-state index < -0.39 is 23.5 Å². The maximum atomic E-state index is 13.2. The molecule has 0 saturated carbocycles. The summed E-state index contributed by atoms with van der Waals surface area (Å²) in [6.45, 7) is 2.85. The molecule has 3 rings (SSSR count). The molecule has 2 aromatic rings. The fourth-order valence-electron chi connectivity index (χ4n) is 3.33. The third kappa shape index (κ3) is 3.84. The van der Waals surface area contributed by atoms with Gasteiger partial charge in [-0.3, -0.25) is 9.59 Å². The number of halogens is 1. The number of likely N-dealkylation sites (tertiary alicyclic amines) is 1. The molecule has 1 unspecified atom stereocenters. The molecule has 148 valence electrons. The predicted octanol–water partition coefficient (Wildman–Crippen LogP) is 3.10. The Labute approximate surface area is 162 Å². The highest BCUT2D eigenvalue weighted by molar-refractivity contribution is 6.46. The number of hydrogen-bond acceptors (Lipinski definition) is 5. The van der Waals surface area contributed by atoms with Crippen molar-refractivity contribution in [3.05, 3.63) is 64.9 Å². The standard InChI is InChI=1S/C21H23FN2O4/c1-13-5-10-16(28-13)18-17(19(25)14-6-8-15(22)9-7-14)20(26)21(27)24(18)12-4-11-23(2)3/h5-10,18,25H,4,11-12H2,1-3H3/b19-17-. The third-order valence-electron chi connectivity index (χ3n) is 4.69. The van der Waals surface area contributed by atoms with E-state index in [0.29, 0.717) is 24.5 Å². The summed E-state index contributed by atoms with van der Waals surface area (Å²) in [4.78, 5) is 28.9. The summed E-state index contributed by atoms with van der Waals surface area (Å²) in [5.74, 6) is -1.21. The van der Waals surface area contributed by atoms with Gasteiger partial charge in [-0.2, -0.15) is 0 Å². The number of Topliss-reactive ketones (excluding diaryl/α,β-unsaturated/α-hetero) is 1. The Kier molecular flexibility index (Phi) is 5.65. The van der Waals surface area contributed by atoms with E-state index in [2.05, 4.69) is 0 Å². The number of carbonyl (C=O) groups is 2. The van der Waals surface area contributed by atoms with Crippen LogP contribution in [0.3, 0.4) is 0 Å². The van der Waals surface area contributed by atoms with E-state index in [1.54, 1.807) is 19.1 Å². The van der Waals surface area contributed by atoms with Gasteiger partial charge in [0, 0.05) is 12.1 Å². The SMILES string of the molecule is Cc1ccc(C2/C(=C(/O)c3ccc(F)cc3)C(=O)C(=O)N2CCCN(C)C)o1. The maximum Gasteiger partial charge on any atom is 0.295 e. The van der Waals surface area contributed by atoms with Crippen molar-refractivity contribution >= 4 is 17.4 Å². The first-order chi connectivity index (χ1) is 13.3. The fourth-order valence-corrected chi connectivity index (χ4v) is 3.33. The number of hydrogen-bond donors (Lipinski definition) is 1. The molecule has 1 aliphatic rings. The van der Waals surface area contributed by atoms with E-state index in [1.807, 2.05) is 19.0 Å². The molecule has 28 heavy (non-hydrogen) atoms. The minimum atomic E-state index is -0.819. The van der Waals surface area contributed by atoms with Crippen molar-refractivity contribution in [3.63, 3.8) is 0 Å². The average molecular weight is 386 g/mol. The quantitative estimate of drug-likeness (QED) is 0.469. The van der Waals surface area contributed by atoms with Crippen LogP contribution in [0.5, 0.6) is 0 Å². The van der Waals surface area contributed by atoms with Crippen molar-refractivity contribution in [3.8, 4) is 0 Å². The normalized spacial score (nSPS) is 19.0. The summed E-state index contributed by atoms with van der Waals surface area (Å²) in [5, 5.41) is 10.8. The number of rotatable bonds is 6. The van der Waals surface area contributed by atoms with Gasteiger partial charge in [0.05, 0.1) is 5.57 Å². The van der Waals surface area contributed by atoms with Crippen LogP contribution >= 0.6 is 0 Å². The van der Waals surface area contributed by atoms with Crippen LogP contribution in [-0.2, 0) is 9.59 Å². The Bertz CT molecular complexity index is 915. The van der Waals surface area contributed by atoms with Crippen LogP contribution in [-0.4, -0.2) is 53.8 Å². The van der Waals surface area contributed by atoms with Crippen molar-refractivity contribution in [1.29, 1.82) is 0 Å². The van der Waals surface area contributed by atoms with E-state index in [-0.39, 0.29) is 16.9 Å². The molecular formula is C21H23FN2O4. The van der Waals surface area contributed by atoms with Gasteiger partial charge >= 0.3 is 0 Å². The van der Waals surface area contributed by atoms with Crippen molar-refractivity contribution < 1.29 is 23.5 Å². The second-order valence-corrected chi connectivity index (χ2v) is 7.10. The molecule has 1 aliphatic heterocycles. The Morgan fingerprint density at radius 2 is 1.86 bits per heavy atom. The smallest absolute Gasteiger partial charge is 0.295 e. The first kappa shape index (κ1) is 19.8. The van der Waals surface area contributed by atoms with Crippen LogP contribution in [0.1, 0.15) is 29.5 Å². The second-order valence-electron chi connectivity index (χ2n) is 7.10. The summed E-state index contributed by atoms with van der Waals surface area (Å²) in [6.07, 6.45) is 0.660. The molecule has 0 aliphatic carbocycles. The average Bonchev–Trinajstić information content (AvgIpc) is 3.18. The molecule has 1 aromatic carbocycles. The molecule has 1 fully saturated rings. The van der Waals surface area contributed by atoms with Gasteiger partial charge in [-0.15, -0.1) is 0 Å². The lowest BCUT2D eigenvalue weighted by atomic mass is 9.99. The lowest BCUT2D eigenvalue weighted by Crippen LogP contribution is -2.32. The number of amides is 1. The van der Waals surface area contributed by atoms with Gasteiger partial charge in [-0.05, 0) is 70.4 Å². The number of aryl methyl sites for hydroxylation is 1. The Balaban J connectivity index is 2.05. The van der Waals surface area contributed by atoms with Crippen LogP contribution in [0.15, 0.2) is 46.4 Å². The van der Waals surface area contributed by atoms with Crippen LogP contribution in [0.2, 0.25) is 0 Å². The molecule has 1 amide bonds. The summed E-state index contributed by atoms with van der Waals surface area (Å²) < 4.78 is 18.9. The monoisotopic (exact) mass is 386 g/mol. The van der Waals surface area contributed by atoms with Crippen molar-refractivity contribution in [2.24, 2.45) is 0 Å². The molecule has 6 nitrogen and oxygen atoms in total. The Hall–Kier alpha value is -2.93. The van der Waals surface area contributed by atoms with Crippen molar-refractivity contribution in [2.75, 3.05) is 27.2 Å². The maximum absolute atomic E-state index is 13.2. The predicted molar refractivity (Wildman–Crippen MR) is 102 cm³/mol. The van der Waals surface area contributed by atoms with Crippen LogP contribution in [0, 0.1) is 12.7 Å². The van der Waals surface area contributed by atoms with Crippen molar-refractivity contribution in [2.45, 2.75) is 19.4 Å². The topological polar surface area (TPSA) is 74.0 Å². The molecule has 2 heterocycles. The fraction of sp³-hybridized carbons (Fsp3) is 0.333. The first-order valence-corrected chi connectivity index (χ1v) is 9.05. The zero-order valence-electron chi connectivity index (χ0n) is 16.1. The molecule has 0 radical (unpaired) electrons. The van der Waals surface area contributed by atoms with E-state index in [9.17, 15) is 19.1 Å². The summed E-state index contributed by atoms with van der Waals surface area (Å²) in [5.41, 5.74) is 0.219. The minimum Gasteiger partial charge on any atom is -0.507 e. The number of benzene rings is 1. The largest absolute Gasteiger partial charge is 0.507 e. The van der Waals surface area contributed by atoms with Gasteiger partial charge in [-0.1, -0.05) is 0 Å². The van der Waals surface area contributed by atoms with E-state index in [4.69, 9.17) is 4.42 Å². The second kappa shape index (κ2) is 7.98. The highest BCUT2D eigenvalue weighted by atomic mass is 19.1. The Morgan fingerprint density at radius 1 is 1.18 bits per heavy atom. The van der Waals surface area contributed by atoms with Crippen LogP contribution in [0.25, 0.3) is 5.76 Å². The van der Waals surface area contributed by atoms with Crippen molar-refractivity contribution in [1.82, 2.24) is 9.80 Å². The molecule has 1 saturated heterocycles. The van der Waals surface area contributed by atoms with Crippen LogP contribution < -0.4 is 0 Å². The van der Waals surface area contributed by atoms with E-state index >= 15 is 0 Å². The number of carbonyl (C=O) groups excluding carboxylic acids is 2. The van der Waals surface area contributed by atoms with Gasteiger partial charge in [-0.25, -0.2) is 4.39 Å². The van der Waals surface area contributed by atoms with Gasteiger partial charge in [0.1, 0.15) is 29.1 Å². The molecule has 1 N–H and O–H groups in total. The number of aliphatic hydroxyl groups is 1. The van der Waals surface area contributed by atoms with Gasteiger partial charge in [0.15, 0.2) is 0 Å². The molecule has 0 spiro atoms. The molecule has 0 bridgehead atoms. The molecule has 1 aromatic heterocycles. The summed E-state index contributed by atoms with van der Waals surface area (Å²) in [6, 6.07) is 7.74. The summed E-state index contributed by atoms with van der Waals surface area (Å²) >= 11 is 0. The molecule has 7 heteroatoms. The molecular weight excluding hydrogens is 363 g/mol. The third-order valence-corrected chi connectivity index (χ3v) is 4.69. The first-order valence-electron chi connectivity index (χ1n) is 9.05.